The van der Waals surface area contributed by atoms with Crippen LogP contribution in [0.25, 0.3) is 10.9 Å². The van der Waals surface area contributed by atoms with Crippen LogP contribution in [0.1, 0.15) is 52.7 Å². The minimum Gasteiger partial charge on any atom is -1.00 e. The quantitative estimate of drug-likeness (QED) is 0.444. The van der Waals surface area contributed by atoms with E-state index in [1.165, 1.54) is 22.0 Å². The predicted molar refractivity (Wildman–Crippen MR) is 74.5 cm³/mol. The molecule has 1 nitrogen and oxygen atoms in total. The number of fused-ring (bicyclic) bond motifs is 1. The van der Waals surface area contributed by atoms with E-state index in [0.29, 0.717) is 0 Å². The van der Waals surface area contributed by atoms with Gasteiger partial charge in [0.2, 0.25) is 0 Å². The molecular formula is C16H22Cl2NTi. The first-order valence-corrected chi connectivity index (χ1v) is 6.24. The first-order chi connectivity index (χ1) is 7.71. The van der Waals surface area contributed by atoms with Gasteiger partial charge < -0.3 is 29.8 Å². The van der Waals surface area contributed by atoms with E-state index in [4.69, 9.17) is 0 Å². The van der Waals surface area contributed by atoms with E-state index >= 15 is 0 Å². The molecule has 0 aliphatic rings. The topological polar surface area (TPSA) is 15.8 Å². The maximum atomic E-state index is 3.34. The molecule has 0 unspecified atom stereocenters. The van der Waals surface area contributed by atoms with Crippen LogP contribution in [0.5, 0.6) is 0 Å². The van der Waals surface area contributed by atoms with Gasteiger partial charge in [-0.25, -0.2) is 0 Å². The minimum atomic E-state index is 0. The second kappa shape index (κ2) is 7.36. The summed E-state index contributed by atoms with van der Waals surface area (Å²) in [7, 11) is 0. The molecule has 0 atom stereocenters. The Kier molecular flexibility index (Phi) is 8.22. The zero-order valence-electron chi connectivity index (χ0n) is 13.0. The number of rotatable bonds is 0. The van der Waals surface area contributed by atoms with Gasteiger partial charge in [-0.15, -0.1) is 28.7 Å². The Morgan fingerprint density at radius 1 is 0.900 bits per heavy atom. The van der Waals surface area contributed by atoms with Crippen molar-refractivity contribution in [2.45, 2.75) is 52.4 Å². The molecule has 0 amide bonds. The van der Waals surface area contributed by atoms with Crippen molar-refractivity contribution in [2.24, 2.45) is 0 Å². The summed E-state index contributed by atoms with van der Waals surface area (Å²) in [6.45, 7) is 13.5. The number of aromatic amines is 1. The third-order valence-electron chi connectivity index (χ3n) is 3.19. The number of H-pyrrole nitrogens is 1. The number of halogens is 2. The van der Waals surface area contributed by atoms with E-state index in [0.717, 1.165) is 0 Å². The van der Waals surface area contributed by atoms with Crippen molar-refractivity contribution in [2.75, 3.05) is 0 Å². The van der Waals surface area contributed by atoms with Crippen molar-refractivity contribution in [3.8, 4) is 0 Å². The zero-order chi connectivity index (χ0) is 12.8. The standard InChI is InChI=1S/C16H22N.2ClH.Ti/c1-15(2,3)11-8-7-9-13-14(11)12(10-17-13)16(4,5)6;;;/h7-9,17H,1-6H3;2*1H;/q-1;;;+3/p-2. The third-order valence-corrected chi connectivity index (χ3v) is 3.19. The van der Waals surface area contributed by atoms with Crippen LogP contribution >= 0.6 is 0 Å². The Morgan fingerprint density at radius 3 is 1.90 bits per heavy atom. The molecule has 2 aromatic rings. The summed E-state index contributed by atoms with van der Waals surface area (Å²) in [6, 6.07) is 6.50. The molecule has 1 heterocycles. The molecule has 2 rings (SSSR count). The maximum absolute atomic E-state index is 3.34. The SMILES string of the molecule is CC(C)(C)c1[c-][nH]c2cccc(C(C)(C)C)c12.[Cl-].[Cl-].[Ti+3]. The average molecular weight is 347 g/mol. The second-order valence-corrected chi connectivity index (χ2v) is 6.85. The van der Waals surface area contributed by atoms with E-state index in [2.05, 4.69) is 70.9 Å². The number of aromatic nitrogens is 1. The summed E-state index contributed by atoms with van der Waals surface area (Å²) in [5, 5.41) is 1.35. The molecule has 1 aromatic carbocycles. The molecule has 0 bridgehead atoms. The number of hydrogen-bond acceptors (Lipinski definition) is 0. The van der Waals surface area contributed by atoms with E-state index in [1.54, 1.807) is 0 Å². The minimum absolute atomic E-state index is 0. The van der Waals surface area contributed by atoms with Gasteiger partial charge in [0.25, 0.3) is 0 Å². The largest absolute Gasteiger partial charge is 3.00 e. The van der Waals surface area contributed by atoms with Crippen LogP contribution in [0.2, 0.25) is 0 Å². The fourth-order valence-electron chi connectivity index (χ4n) is 2.31. The zero-order valence-corrected chi connectivity index (χ0v) is 16.1. The smallest absolute Gasteiger partial charge is 1.00 e. The monoisotopic (exact) mass is 346 g/mol. The van der Waals surface area contributed by atoms with Crippen LogP contribution in [-0.2, 0) is 32.5 Å². The average Bonchev–Trinajstić information content (AvgIpc) is 2.57. The molecule has 0 spiro atoms. The van der Waals surface area contributed by atoms with Gasteiger partial charge in [-0.05, 0) is 10.8 Å². The van der Waals surface area contributed by atoms with Crippen molar-refractivity contribution in [1.82, 2.24) is 4.98 Å². The normalized spacial score (nSPS) is 11.3. The molecule has 0 fully saturated rings. The van der Waals surface area contributed by atoms with E-state index in [-0.39, 0.29) is 57.4 Å². The third kappa shape index (κ3) is 4.27. The predicted octanol–water partition coefficient (Wildman–Crippen LogP) is -1.43. The van der Waals surface area contributed by atoms with E-state index < -0.39 is 0 Å². The van der Waals surface area contributed by atoms with Crippen molar-refractivity contribution >= 4 is 10.9 Å². The van der Waals surface area contributed by atoms with Gasteiger partial charge >= 0.3 is 21.7 Å². The van der Waals surface area contributed by atoms with Crippen molar-refractivity contribution in [1.29, 1.82) is 0 Å². The number of hydrogen-bond donors (Lipinski definition) is 1. The summed E-state index contributed by atoms with van der Waals surface area (Å²) in [4.78, 5) is 3.28. The molecule has 1 radical (unpaired) electrons. The van der Waals surface area contributed by atoms with E-state index in [1.807, 2.05) is 0 Å². The molecule has 1 N–H and O–H groups in total. The summed E-state index contributed by atoms with van der Waals surface area (Å²) in [6.07, 6.45) is 3.34. The van der Waals surface area contributed by atoms with Gasteiger partial charge in [0.15, 0.2) is 0 Å². The summed E-state index contributed by atoms with van der Waals surface area (Å²) in [5.74, 6) is 0. The van der Waals surface area contributed by atoms with Crippen LogP contribution in [0.4, 0.5) is 0 Å². The Bertz CT molecular complexity index is 548. The first kappa shape index (κ1) is 22.3. The van der Waals surface area contributed by atoms with Gasteiger partial charge in [0.05, 0.1) is 0 Å². The van der Waals surface area contributed by atoms with Crippen molar-refractivity contribution in [3.05, 3.63) is 35.5 Å². The van der Waals surface area contributed by atoms with Gasteiger partial charge in [-0.3, -0.25) is 0 Å². The molecule has 109 valence electrons. The Hall–Kier alpha value is 0.0543. The fraction of sp³-hybridized carbons (Fsp3) is 0.500. The van der Waals surface area contributed by atoms with Gasteiger partial charge in [-0.1, -0.05) is 59.2 Å². The molecule has 0 saturated carbocycles. The van der Waals surface area contributed by atoms with Crippen LogP contribution in [0.15, 0.2) is 18.2 Å². The maximum Gasteiger partial charge on any atom is 3.00 e. The molecular weight excluding hydrogens is 325 g/mol. The van der Waals surface area contributed by atoms with Crippen LogP contribution in [0.3, 0.4) is 0 Å². The second-order valence-electron chi connectivity index (χ2n) is 6.85. The van der Waals surface area contributed by atoms with Gasteiger partial charge in [-0.2, -0.15) is 0 Å². The fourth-order valence-corrected chi connectivity index (χ4v) is 2.31. The van der Waals surface area contributed by atoms with E-state index in [9.17, 15) is 0 Å². The summed E-state index contributed by atoms with van der Waals surface area (Å²) in [5.41, 5.74) is 4.17. The number of benzene rings is 1. The van der Waals surface area contributed by atoms with Crippen LogP contribution in [0, 0.1) is 6.20 Å². The Labute approximate surface area is 150 Å². The van der Waals surface area contributed by atoms with Crippen molar-refractivity contribution < 1.29 is 46.5 Å². The van der Waals surface area contributed by atoms with Gasteiger partial charge in [0.1, 0.15) is 0 Å². The molecule has 20 heavy (non-hydrogen) atoms. The van der Waals surface area contributed by atoms with Gasteiger partial charge in [0, 0.05) is 0 Å². The summed E-state index contributed by atoms with van der Waals surface area (Å²) >= 11 is 0. The number of nitrogens with one attached hydrogen (secondary N) is 1. The molecule has 0 aliphatic heterocycles. The molecule has 1 aromatic heterocycles. The van der Waals surface area contributed by atoms with Crippen molar-refractivity contribution in [3.63, 3.8) is 0 Å². The summed E-state index contributed by atoms with van der Waals surface area (Å²) < 4.78 is 0. The first-order valence-electron chi connectivity index (χ1n) is 6.24. The molecule has 0 saturated heterocycles. The molecule has 4 heteroatoms. The Balaban J connectivity index is 0. The Morgan fingerprint density at radius 2 is 1.45 bits per heavy atom. The molecule has 0 aliphatic carbocycles. The van der Waals surface area contributed by atoms with Crippen LogP contribution < -0.4 is 24.8 Å². The van der Waals surface area contributed by atoms with Crippen LogP contribution in [-0.4, -0.2) is 4.98 Å².